The largest absolute Gasteiger partial charge is 0.310 e. The maximum atomic E-state index is 3.76. The van der Waals surface area contributed by atoms with Crippen molar-refractivity contribution >= 4 is 0 Å². The van der Waals surface area contributed by atoms with E-state index in [1.165, 1.54) is 19.3 Å². The fourth-order valence-electron chi connectivity index (χ4n) is 2.70. The lowest BCUT2D eigenvalue weighted by Gasteiger charge is -2.34. The van der Waals surface area contributed by atoms with E-state index < -0.39 is 0 Å². The molecule has 0 aromatic carbocycles. The highest BCUT2D eigenvalue weighted by molar-refractivity contribution is 4.81. The summed E-state index contributed by atoms with van der Waals surface area (Å²) in [7, 11) is 4.29. The highest BCUT2D eigenvalue weighted by Gasteiger charge is 2.25. The van der Waals surface area contributed by atoms with Crippen LogP contribution < -0.4 is 5.32 Å². The van der Waals surface area contributed by atoms with E-state index in [4.69, 9.17) is 0 Å². The molecule has 2 heteroatoms. The minimum atomic E-state index is 0.616. The Kier molecular flexibility index (Phi) is 5.07. The molecule has 1 aliphatic carbocycles. The first-order valence-electron chi connectivity index (χ1n) is 6.39. The summed E-state index contributed by atoms with van der Waals surface area (Å²) in [6.45, 7) is 8.22. The van der Waals surface area contributed by atoms with Crippen molar-refractivity contribution in [3.8, 4) is 0 Å². The van der Waals surface area contributed by atoms with E-state index in [1.807, 2.05) is 0 Å². The number of hydrogen-bond donors (Lipinski definition) is 1. The minimum Gasteiger partial charge on any atom is -0.310 e. The molecule has 0 bridgehead atoms. The fourth-order valence-corrected chi connectivity index (χ4v) is 2.70. The Hall–Kier alpha value is -0.0800. The number of hydrogen-bond acceptors (Lipinski definition) is 2. The highest BCUT2D eigenvalue weighted by Crippen LogP contribution is 2.29. The van der Waals surface area contributed by atoms with Gasteiger partial charge in [-0.2, -0.15) is 0 Å². The van der Waals surface area contributed by atoms with E-state index in [-0.39, 0.29) is 0 Å². The van der Waals surface area contributed by atoms with Crippen molar-refractivity contribution in [3.05, 3.63) is 0 Å². The fraction of sp³-hybridized carbons (Fsp3) is 1.00. The molecule has 4 atom stereocenters. The van der Waals surface area contributed by atoms with E-state index in [9.17, 15) is 0 Å². The summed E-state index contributed by atoms with van der Waals surface area (Å²) < 4.78 is 0. The Bertz CT molecular complexity index is 179. The monoisotopic (exact) mass is 212 g/mol. The van der Waals surface area contributed by atoms with Gasteiger partial charge in [0, 0.05) is 18.6 Å². The van der Waals surface area contributed by atoms with Crippen LogP contribution in [0.3, 0.4) is 0 Å². The normalized spacial score (nSPS) is 34.4. The second-order valence-corrected chi connectivity index (χ2v) is 5.79. The molecule has 0 aromatic heterocycles. The molecule has 90 valence electrons. The van der Waals surface area contributed by atoms with Crippen LogP contribution in [0.1, 0.15) is 40.0 Å². The van der Waals surface area contributed by atoms with Crippen LogP contribution in [0.25, 0.3) is 0 Å². The maximum Gasteiger partial charge on any atom is 0.0169 e. The van der Waals surface area contributed by atoms with Gasteiger partial charge >= 0.3 is 0 Å². The van der Waals surface area contributed by atoms with Gasteiger partial charge in [-0.25, -0.2) is 0 Å². The molecule has 0 heterocycles. The van der Waals surface area contributed by atoms with Crippen LogP contribution in [0.5, 0.6) is 0 Å². The van der Waals surface area contributed by atoms with Crippen molar-refractivity contribution in [1.29, 1.82) is 0 Å². The lowest BCUT2D eigenvalue weighted by molar-refractivity contribution is 0.208. The van der Waals surface area contributed by atoms with Gasteiger partial charge in [0.05, 0.1) is 0 Å². The molecular weight excluding hydrogens is 184 g/mol. The van der Waals surface area contributed by atoms with E-state index in [1.54, 1.807) is 0 Å². The topological polar surface area (TPSA) is 15.3 Å². The average Bonchev–Trinajstić information content (AvgIpc) is 2.10. The molecular formula is C13H28N2. The first-order valence-corrected chi connectivity index (χ1v) is 6.39. The SMILES string of the molecule is CC(CN(C)C)NC1CCC(C)C(C)C1. The van der Waals surface area contributed by atoms with Gasteiger partial charge in [-0.1, -0.05) is 13.8 Å². The van der Waals surface area contributed by atoms with Crippen LogP contribution in [-0.4, -0.2) is 37.6 Å². The molecule has 2 nitrogen and oxygen atoms in total. The Balaban J connectivity index is 2.27. The van der Waals surface area contributed by atoms with Gasteiger partial charge < -0.3 is 10.2 Å². The minimum absolute atomic E-state index is 0.616. The molecule has 1 fully saturated rings. The molecule has 4 unspecified atom stereocenters. The van der Waals surface area contributed by atoms with Gasteiger partial charge in [0.25, 0.3) is 0 Å². The molecule has 0 aliphatic heterocycles. The zero-order chi connectivity index (χ0) is 11.4. The smallest absolute Gasteiger partial charge is 0.0169 e. The summed E-state index contributed by atoms with van der Waals surface area (Å²) in [4.78, 5) is 2.26. The lowest BCUT2D eigenvalue weighted by atomic mass is 9.79. The van der Waals surface area contributed by atoms with Crippen LogP contribution in [0.2, 0.25) is 0 Å². The zero-order valence-electron chi connectivity index (χ0n) is 11.1. The van der Waals surface area contributed by atoms with E-state index in [0.29, 0.717) is 6.04 Å². The summed E-state index contributed by atoms with van der Waals surface area (Å²) >= 11 is 0. The first-order chi connectivity index (χ1) is 6.99. The van der Waals surface area contributed by atoms with E-state index >= 15 is 0 Å². The third-order valence-electron chi connectivity index (χ3n) is 3.76. The summed E-state index contributed by atoms with van der Waals surface area (Å²) in [5.41, 5.74) is 0. The predicted octanol–water partition coefficient (Wildman–Crippen LogP) is 2.35. The Labute approximate surface area is 95.4 Å². The maximum absolute atomic E-state index is 3.76. The van der Waals surface area contributed by atoms with Crippen molar-refractivity contribution < 1.29 is 0 Å². The molecule has 0 radical (unpaired) electrons. The third kappa shape index (κ3) is 4.52. The zero-order valence-corrected chi connectivity index (χ0v) is 11.1. The van der Waals surface area contributed by atoms with Crippen LogP contribution >= 0.6 is 0 Å². The first kappa shape index (κ1) is 13.0. The molecule has 1 aliphatic rings. The molecule has 1 N–H and O–H groups in total. The van der Waals surface area contributed by atoms with Gasteiger partial charge in [-0.15, -0.1) is 0 Å². The molecule has 0 amide bonds. The summed E-state index contributed by atoms with van der Waals surface area (Å²) in [5.74, 6) is 1.81. The van der Waals surface area contributed by atoms with Crippen LogP contribution in [0, 0.1) is 11.8 Å². The number of likely N-dealkylation sites (N-methyl/N-ethyl adjacent to an activating group) is 1. The molecule has 1 rings (SSSR count). The Morgan fingerprint density at radius 3 is 2.40 bits per heavy atom. The number of rotatable bonds is 4. The van der Waals surface area contributed by atoms with Gasteiger partial charge in [0.1, 0.15) is 0 Å². The second-order valence-electron chi connectivity index (χ2n) is 5.79. The van der Waals surface area contributed by atoms with Crippen molar-refractivity contribution in [2.24, 2.45) is 11.8 Å². The highest BCUT2D eigenvalue weighted by atomic mass is 15.1. The Morgan fingerprint density at radius 1 is 1.20 bits per heavy atom. The number of nitrogens with zero attached hydrogens (tertiary/aromatic N) is 1. The van der Waals surface area contributed by atoms with Crippen LogP contribution in [-0.2, 0) is 0 Å². The van der Waals surface area contributed by atoms with E-state index in [0.717, 1.165) is 24.4 Å². The van der Waals surface area contributed by atoms with E-state index in [2.05, 4.69) is 45.1 Å². The Morgan fingerprint density at radius 2 is 1.87 bits per heavy atom. The van der Waals surface area contributed by atoms with Crippen LogP contribution in [0.4, 0.5) is 0 Å². The van der Waals surface area contributed by atoms with Gasteiger partial charge in [-0.05, 0) is 52.1 Å². The molecule has 1 saturated carbocycles. The van der Waals surface area contributed by atoms with Gasteiger partial charge in [0.15, 0.2) is 0 Å². The molecule has 0 saturated heterocycles. The van der Waals surface area contributed by atoms with Gasteiger partial charge in [0.2, 0.25) is 0 Å². The predicted molar refractivity (Wildman–Crippen MR) is 67.1 cm³/mol. The average molecular weight is 212 g/mol. The summed E-state index contributed by atoms with van der Waals surface area (Å²) in [5, 5.41) is 3.76. The van der Waals surface area contributed by atoms with Crippen molar-refractivity contribution in [1.82, 2.24) is 10.2 Å². The summed E-state index contributed by atoms with van der Waals surface area (Å²) in [6.07, 6.45) is 4.12. The summed E-state index contributed by atoms with van der Waals surface area (Å²) in [6, 6.07) is 1.37. The standard InChI is InChI=1S/C13H28N2/c1-10-6-7-13(8-11(10)2)14-12(3)9-15(4)5/h10-14H,6-9H2,1-5H3. The second kappa shape index (κ2) is 5.86. The van der Waals surface area contributed by atoms with Crippen molar-refractivity contribution in [2.45, 2.75) is 52.1 Å². The molecule has 0 spiro atoms. The molecule has 0 aromatic rings. The third-order valence-corrected chi connectivity index (χ3v) is 3.76. The number of nitrogens with one attached hydrogen (secondary N) is 1. The van der Waals surface area contributed by atoms with Gasteiger partial charge in [-0.3, -0.25) is 0 Å². The quantitative estimate of drug-likeness (QED) is 0.769. The molecule has 15 heavy (non-hydrogen) atoms. The van der Waals surface area contributed by atoms with Crippen LogP contribution in [0.15, 0.2) is 0 Å². The lowest BCUT2D eigenvalue weighted by Crippen LogP contribution is -2.44. The van der Waals surface area contributed by atoms with Crippen molar-refractivity contribution in [2.75, 3.05) is 20.6 Å². The van der Waals surface area contributed by atoms with Crippen molar-refractivity contribution in [3.63, 3.8) is 0 Å².